The van der Waals surface area contributed by atoms with Gasteiger partial charge in [0.15, 0.2) is 0 Å². The van der Waals surface area contributed by atoms with Crippen LogP contribution in [-0.2, 0) is 20.9 Å². The molecule has 2 aromatic rings. The first-order valence-electron chi connectivity index (χ1n) is 12.5. The second kappa shape index (κ2) is 12.3. The lowest BCUT2D eigenvalue weighted by Gasteiger charge is -2.35. The number of hydrogen-bond acceptors (Lipinski definition) is 6. The summed E-state index contributed by atoms with van der Waals surface area (Å²) in [6, 6.07) is 6.24. The lowest BCUT2D eigenvalue weighted by Crippen LogP contribution is -2.57. The Labute approximate surface area is 222 Å². The van der Waals surface area contributed by atoms with Crippen LogP contribution in [0.5, 0.6) is 0 Å². The zero-order chi connectivity index (χ0) is 27.2. The minimum atomic E-state index is -0.839. The number of carbonyl (C=O) groups is 3. The van der Waals surface area contributed by atoms with Gasteiger partial charge in [-0.2, -0.15) is 0 Å². The zero-order valence-corrected chi connectivity index (χ0v) is 22.7. The number of rotatable bonds is 9. The number of unbranched alkanes of at least 4 members (excludes halogenated alkanes) is 1. The van der Waals surface area contributed by atoms with E-state index in [1.165, 1.54) is 4.90 Å². The van der Waals surface area contributed by atoms with Crippen LogP contribution in [0.25, 0.3) is 10.4 Å². The summed E-state index contributed by atoms with van der Waals surface area (Å²) in [6.45, 7) is 7.88. The summed E-state index contributed by atoms with van der Waals surface area (Å²) in [5.41, 5.74) is 4.19. The van der Waals surface area contributed by atoms with Gasteiger partial charge in [-0.1, -0.05) is 45.0 Å². The first kappa shape index (κ1) is 28.4. The molecule has 0 saturated carbocycles. The van der Waals surface area contributed by atoms with Gasteiger partial charge in [-0.3, -0.25) is 14.4 Å². The highest BCUT2D eigenvalue weighted by Gasteiger charge is 2.44. The van der Waals surface area contributed by atoms with E-state index < -0.39 is 23.6 Å². The third kappa shape index (κ3) is 7.40. The van der Waals surface area contributed by atoms with E-state index in [1.807, 2.05) is 57.5 Å². The van der Waals surface area contributed by atoms with E-state index in [0.29, 0.717) is 19.4 Å². The van der Waals surface area contributed by atoms with Crippen molar-refractivity contribution in [3.8, 4) is 22.8 Å². The molecule has 3 atom stereocenters. The normalized spacial score (nSPS) is 18.2. The van der Waals surface area contributed by atoms with Gasteiger partial charge in [0, 0.05) is 32.4 Å². The van der Waals surface area contributed by atoms with Crippen molar-refractivity contribution in [2.45, 2.75) is 78.1 Å². The number of β-amino-alcohol motifs (C(OH)–C–C–N with tert-alkyl or cyclic N) is 1. The van der Waals surface area contributed by atoms with Gasteiger partial charge in [0.1, 0.15) is 12.1 Å². The Morgan fingerprint density at radius 1 is 1.27 bits per heavy atom. The second-order valence-electron chi connectivity index (χ2n) is 10.5. The molecule has 8 nitrogen and oxygen atoms in total. The van der Waals surface area contributed by atoms with Crippen LogP contribution >= 0.6 is 11.3 Å². The van der Waals surface area contributed by atoms with Gasteiger partial charge in [-0.15, -0.1) is 23.7 Å². The molecule has 198 valence electrons. The minimum Gasteiger partial charge on any atom is -0.391 e. The van der Waals surface area contributed by atoms with E-state index in [-0.39, 0.29) is 37.1 Å². The molecule has 0 unspecified atom stereocenters. The molecule has 0 bridgehead atoms. The molecule has 3 N–H and O–H groups in total. The number of hydrogen-bond donors (Lipinski definition) is 3. The first-order valence-corrected chi connectivity index (χ1v) is 13.4. The Kier molecular flexibility index (Phi) is 9.46. The quantitative estimate of drug-likeness (QED) is 0.345. The van der Waals surface area contributed by atoms with Crippen molar-refractivity contribution in [3.05, 3.63) is 41.0 Å². The van der Waals surface area contributed by atoms with Crippen LogP contribution < -0.4 is 10.6 Å². The molecule has 0 radical (unpaired) electrons. The third-order valence-corrected chi connectivity index (χ3v) is 7.41. The number of terminal acetylenes is 1. The number of amides is 3. The number of aliphatic hydroxyl groups excluding tert-OH is 1. The maximum absolute atomic E-state index is 13.6. The Morgan fingerprint density at radius 3 is 2.57 bits per heavy atom. The smallest absolute Gasteiger partial charge is 0.246 e. The summed E-state index contributed by atoms with van der Waals surface area (Å²) in [5, 5.41) is 16.1. The van der Waals surface area contributed by atoms with Crippen LogP contribution in [0.3, 0.4) is 0 Å². The van der Waals surface area contributed by atoms with Gasteiger partial charge >= 0.3 is 0 Å². The number of likely N-dealkylation sites (tertiary alicyclic amines) is 1. The molecule has 1 fully saturated rings. The monoisotopic (exact) mass is 524 g/mol. The summed E-state index contributed by atoms with van der Waals surface area (Å²) >= 11 is 1.58. The van der Waals surface area contributed by atoms with Crippen molar-refractivity contribution in [2.24, 2.45) is 5.41 Å². The summed E-state index contributed by atoms with van der Waals surface area (Å²) in [5.74, 6) is 1.53. The largest absolute Gasteiger partial charge is 0.391 e. The zero-order valence-electron chi connectivity index (χ0n) is 21.9. The topological polar surface area (TPSA) is 112 Å². The van der Waals surface area contributed by atoms with Crippen molar-refractivity contribution in [2.75, 3.05) is 6.54 Å². The average molecular weight is 525 g/mol. The Bertz CT molecular complexity index is 1150. The van der Waals surface area contributed by atoms with Crippen LogP contribution in [0.2, 0.25) is 0 Å². The average Bonchev–Trinajstić information content (AvgIpc) is 3.46. The van der Waals surface area contributed by atoms with E-state index in [4.69, 9.17) is 6.42 Å². The highest BCUT2D eigenvalue weighted by atomic mass is 32.1. The van der Waals surface area contributed by atoms with Gasteiger partial charge in [0.25, 0.3) is 0 Å². The lowest BCUT2D eigenvalue weighted by molar-refractivity contribution is -0.144. The van der Waals surface area contributed by atoms with Gasteiger partial charge in [0.05, 0.1) is 22.2 Å². The molecule has 3 amide bonds. The molecule has 9 heteroatoms. The highest BCUT2D eigenvalue weighted by molar-refractivity contribution is 7.13. The molecule has 1 aliphatic heterocycles. The van der Waals surface area contributed by atoms with Crippen molar-refractivity contribution in [1.82, 2.24) is 20.5 Å². The van der Waals surface area contributed by atoms with Gasteiger partial charge in [-0.05, 0) is 29.9 Å². The molecule has 1 aliphatic rings. The summed E-state index contributed by atoms with van der Waals surface area (Å²) in [7, 11) is 0. The molecule has 1 aromatic heterocycles. The molecule has 1 aromatic carbocycles. The SMILES string of the molecule is C#CCCCC(=O)N[C@H](C(=O)N1C[C@H](O)C[C@H]1C(=O)NCc1ccc(-c2scnc2C)cc1)C(C)(C)C. The molecule has 1 saturated heterocycles. The number of nitrogens with one attached hydrogen (secondary N) is 2. The van der Waals surface area contributed by atoms with Crippen LogP contribution in [0.4, 0.5) is 0 Å². The van der Waals surface area contributed by atoms with E-state index >= 15 is 0 Å². The number of thiazole rings is 1. The molecule has 37 heavy (non-hydrogen) atoms. The van der Waals surface area contributed by atoms with E-state index in [0.717, 1.165) is 21.7 Å². The van der Waals surface area contributed by atoms with E-state index in [9.17, 15) is 19.5 Å². The number of carbonyl (C=O) groups excluding carboxylic acids is 3. The summed E-state index contributed by atoms with van der Waals surface area (Å²) < 4.78 is 0. The number of benzene rings is 1. The maximum atomic E-state index is 13.6. The Morgan fingerprint density at radius 2 is 1.97 bits per heavy atom. The fourth-order valence-corrected chi connectivity index (χ4v) is 5.18. The van der Waals surface area contributed by atoms with Crippen LogP contribution in [0, 0.1) is 24.7 Å². The lowest BCUT2D eigenvalue weighted by atomic mass is 9.85. The minimum absolute atomic E-state index is 0.0410. The standard InChI is InChI=1S/C28H36N4O4S/c1-6-7-8-9-23(34)31-25(28(3,4)5)27(36)32-16-21(33)14-22(32)26(35)29-15-19-10-12-20(13-11-19)24-18(2)30-17-37-24/h1,10-13,17,21-22,25,33H,7-9,14-16H2,2-5H3,(H,29,35)(H,31,34)/t21-,22+,25-/m1/s1. The molecular formula is C28H36N4O4S. The number of aromatic nitrogens is 1. The van der Waals surface area contributed by atoms with Gasteiger partial charge in [-0.25, -0.2) is 4.98 Å². The van der Waals surface area contributed by atoms with E-state index in [1.54, 1.807) is 11.3 Å². The first-order chi connectivity index (χ1) is 17.5. The molecule has 2 heterocycles. The van der Waals surface area contributed by atoms with Gasteiger partial charge in [0.2, 0.25) is 17.7 Å². The Balaban J connectivity index is 1.65. The predicted octanol–water partition coefficient (Wildman–Crippen LogP) is 3.03. The predicted molar refractivity (Wildman–Crippen MR) is 144 cm³/mol. The van der Waals surface area contributed by atoms with Crippen molar-refractivity contribution < 1.29 is 19.5 Å². The van der Waals surface area contributed by atoms with Crippen LogP contribution in [0.15, 0.2) is 29.8 Å². The number of aryl methyl sites for hydroxylation is 1. The fraction of sp³-hybridized carbons (Fsp3) is 0.500. The highest BCUT2D eigenvalue weighted by Crippen LogP contribution is 2.28. The van der Waals surface area contributed by atoms with Crippen LogP contribution in [0.1, 0.15) is 57.7 Å². The summed E-state index contributed by atoms with van der Waals surface area (Å²) in [4.78, 5) is 45.9. The second-order valence-corrected chi connectivity index (χ2v) is 11.4. The third-order valence-electron chi connectivity index (χ3n) is 6.44. The maximum Gasteiger partial charge on any atom is 0.246 e. The number of nitrogens with zero attached hydrogens (tertiary/aromatic N) is 2. The summed E-state index contributed by atoms with van der Waals surface area (Å²) in [6.07, 6.45) is 5.83. The molecule has 0 aliphatic carbocycles. The van der Waals surface area contributed by atoms with Crippen molar-refractivity contribution >= 4 is 29.1 Å². The van der Waals surface area contributed by atoms with Crippen molar-refractivity contribution in [1.29, 1.82) is 0 Å². The fourth-order valence-electron chi connectivity index (χ4n) is 4.36. The molecule has 0 spiro atoms. The molecule has 3 rings (SSSR count). The Hall–Kier alpha value is -3.22. The van der Waals surface area contributed by atoms with E-state index in [2.05, 4.69) is 21.5 Å². The van der Waals surface area contributed by atoms with Crippen molar-refractivity contribution in [3.63, 3.8) is 0 Å². The van der Waals surface area contributed by atoms with Crippen LogP contribution in [-0.4, -0.2) is 57.4 Å². The van der Waals surface area contributed by atoms with Gasteiger partial charge < -0.3 is 20.6 Å². The number of aliphatic hydroxyl groups is 1. The molecular weight excluding hydrogens is 488 g/mol.